The molecular formula is C14H16O3S. The highest BCUT2D eigenvalue weighted by Gasteiger charge is 2.16. The Morgan fingerprint density at radius 3 is 2.17 bits per heavy atom. The summed E-state index contributed by atoms with van der Waals surface area (Å²) in [7, 11) is 3.20. The van der Waals surface area contributed by atoms with E-state index in [0.29, 0.717) is 11.5 Å². The second-order valence-corrected chi connectivity index (χ2v) is 4.96. The Labute approximate surface area is 111 Å². The number of thiophene rings is 1. The predicted octanol–water partition coefficient (Wildman–Crippen LogP) is 3.16. The third kappa shape index (κ3) is 2.49. The Hall–Kier alpha value is -1.52. The van der Waals surface area contributed by atoms with E-state index in [0.717, 1.165) is 16.0 Å². The van der Waals surface area contributed by atoms with Crippen LogP contribution in [0.15, 0.2) is 29.6 Å². The lowest BCUT2D eigenvalue weighted by Crippen LogP contribution is -2.00. The molecule has 1 aromatic heterocycles. The fraction of sp³-hybridized carbons (Fsp3) is 0.286. The van der Waals surface area contributed by atoms with Crippen molar-refractivity contribution in [2.45, 2.75) is 13.0 Å². The van der Waals surface area contributed by atoms with Crippen molar-refractivity contribution in [1.29, 1.82) is 0 Å². The van der Waals surface area contributed by atoms with Gasteiger partial charge >= 0.3 is 0 Å². The maximum absolute atomic E-state index is 10.4. The van der Waals surface area contributed by atoms with Crippen LogP contribution < -0.4 is 9.47 Å². The minimum atomic E-state index is -0.644. The lowest BCUT2D eigenvalue weighted by molar-refractivity contribution is 0.222. The van der Waals surface area contributed by atoms with Gasteiger partial charge in [-0.05, 0) is 41.6 Å². The first-order valence-corrected chi connectivity index (χ1v) is 6.48. The molecule has 1 heterocycles. The number of rotatable bonds is 4. The fourth-order valence-electron chi connectivity index (χ4n) is 1.80. The molecule has 3 nitrogen and oxygen atoms in total. The van der Waals surface area contributed by atoms with Gasteiger partial charge in [0.1, 0.15) is 17.6 Å². The average Bonchev–Trinajstić information content (AvgIpc) is 2.83. The van der Waals surface area contributed by atoms with Crippen molar-refractivity contribution < 1.29 is 14.6 Å². The van der Waals surface area contributed by atoms with Gasteiger partial charge in [0.05, 0.1) is 14.2 Å². The molecule has 4 heteroatoms. The number of benzene rings is 1. The van der Waals surface area contributed by atoms with E-state index in [2.05, 4.69) is 0 Å². The highest BCUT2D eigenvalue weighted by molar-refractivity contribution is 7.10. The molecule has 2 rings (SSSR count). The number of methoxy groups -OCH3 is 2. The topological polar surface area (TPSA) is 38.7 Å². The molecule has 1 aromatic carbocycles. The lowest BCUT2D eigenvalue weighted by atomic mass is 10.1. The number of aliphatic hydroxyl groups excluding tert-OH is 1. The fourth-order valence-corrected chi connectivity index (χ4v) is 2.74. The first-order chi connectivity index (χ1) is 8.65. The Morgan fingerprint density at radius 1 is 1.11 bits per heavy atom. The van der Waals surface area contributed by atoms with Crippen LogP contribution in [0, 0.1) is 6.92 Å². The van der Waals surface area contributed by atoms with Crippen molar-refractivity contribution in [2.24, 2.45) is 0 Å². The molecule has 0 aliphatic rings. The highest BCUT2D eigenvalue weighted by atomic mass is 32.1. The van der Waals surface area contributed by atoms with Crippen LogP contribution in [0.3, 0.4) is 0 Å². The number of aliphatic hydroxyl groups is 1. The van der Waals surface area contributed by atoms with Crippen LogP contribution in [0.25, 0.3) is 0 Å². The van der Waals surface area contributed by atoms with Crippen molar-refractivity contribution in [1.82, 2.24) is 0 Å². The van der Waals surface area contributed by atoms with Crippen LogP contribution in [0.5, 0.6) is 11.5 Å². The summed E-state index contributed by atoms with van der Waals surface area (Å²) in [6.45, 7) is 1.99. The normalized spacial score (nSPS) is 12.2. The zero-order valence-electron chi connectivity index (χ0n) is 10.6. The second kappa shape index (κ2) is 5.42. The first-order valence-electron chi connectivity index (χ1n) is 5.60. The molecule has 1 atom stereocenters. The summed E-state index contributed by atoms with van der Waals surface area (Å²) >= 11 is 1.55. The number of aryl methyl sites for hydroxylation is 1. The van der Waals surface area contributed by atoms with Gasteiger partial charge in [-0.3, -0.25) is 0 Å². The number of hydrogen-bond donors (Lipinski definition) is 1. The molecule has 96 valence electrons. The molecule has 0 radical (unpaired) electrons. The van der Waals surface area contributed by atoms with Gasteiger partial charge in [-0.2, -0.15) is 0 Å². The van der Waals surface area contributed by atoms with E-state index in [1.54, 1.807) is 31.6 Å². The minimum absolute atomic E-state index is 0.644. The van der Waals surface area contributed by atoms with Crippen LogP contribution in [0.2, 0.25) is 0 Å². The van der Waals surface area contributed by atoms with E-state index in [-0.39, 0.29) is 0 Å². The van der Waals surface area contributed by atoms with Crippen molar-refractivity contribution in [2.75, 3.05) is 14.2 Å². The molecule has 18 heavy (non-hydrogen) atoms. The van der Waals surface area contributed by atoms with Gasteiger partial charge in [-0.25, -0.2) is 0 Å². The van der Waals surface area contributed by atoms with Crippen LogP contribution in [0.1, 0.15) is 22.1 Å². The highest BCUT2D eigenvalue weighted by Crippen LogP contribution is 2.33. The van der Waals surface area contributed by atoms with E-state index >= 15 is 0 Å². The van der Waals surface area contributed by atoms with Gasteiger partial charge in [0.15, 0.2) is 0 Å². The monoisotopic (exact) mass is 264 g/mol. The van der Waals surface area contributed by atoms with Gasteiger partial charge in [-0.1, -0.05) is 0 Å². The van der Waals surface area contributed by atoms with E-state index in [9.17, 15) is 5.11 Å². The first kappa shape index (κ1) is 12.9. The van der Waals surface area contributed by atoms with Crippen molar-refractivity contribution in [3.05, 3.63) is 45.6 Å². The van der Waals surface area contributed by atoms with Crippen molar-refractivity contribution in [3.8, 4) is 11.5 Å². The minimum Gasteiger partial charge on any atom is -0.497 e. The number of ether oxygens (including phenoxy) is 2. The SMILES string of the molecule is COc1cc(OC)cc(C(O)c2sccc2C)c1. The molecule has 0 saturated carbocycles. The predicted molar refractivity (Wildman–Crippen MR) is 72.7 cm³/mol. The Kier molecular flexibility index (Phi) is 3.89. The molecule has 0 amide bonds. The Balaban J connectivity index is 2.41. The maximum Gasteiger partial charge on any atom is 0.122 e. The van der Waals surface area contributed by atoms with Crippen molar-refractivity contribution >= 4 is 11.3 Å². The standard InChI is InChI=1S/C14H16O3S/c1-9-4-5-18-14(9)13(15)10-6-11(16-2)8-12(7-10)17-3/h4-8,13,15H,1-3H3. The van der Waals surface area contributed by atoms with Crippen LogP contribution >= 0.6 is 11.3 Å². The summed E-state index contributed by atoms with van der Waals surface area (Å²) in [4.78, 5) is 0.949. The van der Waals surface area contributed by atoms with E-state index < -0.39 is 6.10 Å². The van der Waals surface area contributed by atoms with Crippen LogP contribution in [-0.2, 0) is 0 Å². The Morgan fingerprint density at radius 2 is 1.72 bits per heavy atom. The summed E-state index contributed by atoms with van der Waals surface area (Å²) in [5.41, 5.74) is 1.87. The van der Waals surface area contributed by atoms with E-state index in [4.69, 9.17) is 9.47 Å². The summed E-state index contributed by atoms with van der Waals surface area (Å²) in [6.07, 6.45) is -0.644. The smallest absolute Gasteiger partial charge is 0.122 e. The largest absolute Gasteiger partial charge is 0.497 e. The zero-order valence-corrected chi connectivity index (χ0v) is 11.5. The summed E-state index contributed by atoms with van der Waals surface area (Å²) in [6, 6.07) is 7.44. The molecule has 0 aliphatic heterocycles. The van der Waals surface area contributed by atoms with Gasteiger partial charge in [-0.15, -0.1) is 11.3 Å². The van der Waals surface area contributed by atoms with Crippen LogP contribution in [0.4, 0.5) is 0 Å². The van der Waals surface area contributed by atoms with Gasteiger partial charge in [0.2, 0.25) is 0 Å². The molecule has 0 aliphatic carbocycles. The molecule has 1 unspecified atom stereocenters. The van der Waals surface area contributed by atoms with Gasteiger partial charge in [0, 0.05) is 10.9 Å². The number of hydrogen-bond acceptors (Lipinski definition) is 4. The lowest BCUT2D eigenvalue weighted by Gasteiger charge is -2.13. The summed E-state index contributed by atoms with van der Waals surface area (Å²) in [5.74, 6) is 1.36. The molecule has 0 spiro atoms. The van der Waals surface area contributed by atoms with E-state index in [1.165, 1.54) is 0 Å². The second-order valence-electron chi connectivity index (χ2n) is 4.02. The third-order valence-corrected chi connectivity index (χ3v) is 3.91. The molecule has 0 fully saturated rings. The van der Waals surface area contributed by atoms with Gasteiger partial charge in [0.25, 0.3) is 0 Å². The van der Waals surface area contributed by atoms with Crippen molar-refractivity contribution in [3.63, 3.8) is 0 Å². The zero-order chi connectivity index (χ0) is 13.1. The quantitative estimate of drug-likeness (QED) is 0.922. The molecule has 0 bridgehead atoms. The summed E-state index contributed by atoms with van der Waals surface area (Å²) in [5, 5.41) is 12.4. The van der Waals surface area contributed by atoms with E-state index in [1.807, 2.05) is 30.5 Å². The maximum atomic E-state index is 10.4. The Bertz CT molecular complexity index is 511. The molecule has 0 saturated heterocycles. The average molecular weight is 264 g/mol. The van der Waals surface area contributed by atoms with Gasteiger partial charge < -0.3 is 14.6 Å². The molecule has 2 aromatic rings. The third-order valence-electron chi connectivity index (χ3n) is 2.84. The molecule has 1 N–H and O–H groups in total. The molecular weight excluding hydrogens is 248 g/mol. The van der Waals surface area contributed by atoms with Crippen LogP contribution in [-0.4, -0.2) is 19.3 Å². The summed E-state index contributed by atoms with van der Waals surface area (Å²) < 4.78 is 10.4.